The van der Waals surface area contributed by atoms with Crippen LogP contribution in [0.5, 0.6) is 5.75 Å². The van der Waals surface area contributed by atoms with Crippen LogP contribution in [0, 0.1) is 5.92 Å². The predicted molar refractivity (Wildman–Crippen MR) is 122 cm³/mol. The second-order valence-corrected chi connectivity index (χ2v) is 7.29. The normalized spacial score (nSPS) is 21.7. The number of benzene rings is 1. The topological polar surface area (TPSA) is 69.1 Å². The summed E-state index contributed by atoms with van der Waals surface area (Å²) in [6.07, 6.45) is -0.659. The fourth-order valence-corrected chi connectivity index (χ4v) is 3.24. The highest BCUT2D eigenvalue weighted by Gasteiger charge is 2.31. The zero-order valence-electron chi connectivity index (χ0n) is 17.1. The molecule has 154 valence electrons. The summed E-state index contributed by atoms with van der Waals surface area (Å²) in [5.74, 6) is 2.06. The van der Waals surface area contributed by atoms with E-state index in [1.807, 2.05) is 31.2 Å². The van der Waals surface area contributed by atoms with Crippen LogP contribution in [0.1, 0.15) is 39.4 Å². The average Bonchev–Trinajstić information content (AvgIpc) is 3.00. The Bertz CT molecular complexity index is 597. The number of ether oxygens (including phenoxy) is 1. The number of halogens is 1. The molecule has 0 saturated carbocycles. The summed E-state index contributed by atoms with van der Waals surface area (Å²) in [7, 11) is 1.63. The molecule has 1 aromatic carbocycles. The Balaban J connectivity index is 0.00000364. The van der Waals surface area contributed by atoms with Gasteiger partial charge in [-0.15, -0.1) is 24.0 Å². The lowest BCUT2D eigenvalue weighted by Gasteiger charge is -2.22. The Morgan fingerprint density at radius 3 is 2.70 bits per heavy atom. The van der Waals surface area contributed by atoms with Gasteiger partial charge in [-0.3, -0.25) is 9.89 Å². The number of aliphatic imine (C=N–C) groups is 1. The molecule has 0 spiro atoms. The quantitative estimate of drug-likeness (QED) is 0.312. The summed E-state index contributed by atoms with van der Waals surface area (Å²) in [4.78, 5) is 7.08. The summed E-state index contributed by atoms with van der Waals surface area (Å²) in [5, 5.41) is 17.3. The summed E-state index contributed by atoms with van der Waals surface area (Å²) in [5.41, 5.74) is 0.809. The fraction of sp³-hybridized carbons (Fsp3) is 0.650. The maximum Gasteiger partial charge on any atom is 0.191 e. The third kappa shape index (κ3) is 7.12. The lowest BCUT2D eigenvalue weighted by Crippen LogP contribution is -2.47. The van der Waals surface area contributed by atoms with Crippen molar-refractivity contribution in [3.05, 3.63) is 29.8 Å². The number of rotatable bonds is 7. The van der Waals surface area contributed by atoms with Crippen LogP contribution in [-0.4, -0.2) is 61.3 Å². The Labute approximate surface area is 180 Å². The molecule has 1 saturated heterocycles. The Hall–Kier alpha value is -1.06. The zero-order valence-corrected chi connectivity index (χ0v) is 19.4. The Kier molecular flexibility index (Phi) is 10.4. The van der Waals surface area contributed by atoms with Crippen LogP contribution >= 0.6 is 24.0 Å². The lowest BCUT2D eigenvalue weighted by atomic mass is 10.1. The van der Waals surface area contributed by atoms with Crippen LogP contribution in [0.25, 0.3) is 0 Å². The van der Waals surface area contributed by atoms with Crippen LogP contribution in [0.3, 0.4) is 0 Å². The van der Waals surface area contributed by atoms with Crippen molar-refractivity contribution < 1.29 is 9.84 Å². The molecule has 0 aromatic heterocycles. The van der Waals surface area contributed by atoms with E-state index in [9.17, 15) is 5.11 Å². The monoisotopic (exact) mass is 490 g/mol. The maximum atomic E-state index is 10.5. The van der Waals surface area contributed by atoms with E-state index in [1.54, 1.807) is 7.11 Å². The van der Waals surface area contributed by atoms with Gasteiger partial charge in [0, 0.05) is 31.7 Å². The van der Waals surface area contributed by atoms with Crippen LogP contribution in [0.15, 0.2) is 29.3 Å². The maximum absolute atomic E-state index is 10.5. The highest BCUT2D eigenvalue weighted by Crippen LogP contribution is 2.20. The molecular weight excluding hydrogens is 455 g/mol. The van der Waals surface area contributed by atoms with Crippen molar-refractivity contribution >= 4 is 29.9 Å². The number of nitrogens with one attached hydrogen (secondary N) is 2. The second kappa shape index (κ2) is 11.7. The first-order valence-electron chi connectivity index (χ1n) is 9.55. The number of hydrogen-bond donors (Lipinski definition) is 3. The molecule has 0 aliphatic carbocycles. The molecule has 3 unspecified atom stereocenters. The fourth-order valence-electron chi connectivity index (χ4n) is 3.24. The number of guanidine groups is 1. The highest BCUT2D eigenvalue weighted by atomic mass is 127. The van der Waals surface area contributed by atoms with Gasteiger partial charge in [-0.05, 0) is 44.4 Å². The van der Waals surface area contributed by atoms with Gasteiger partial charge in [0.1, 0.15) is 5.75 Å². The first-order valence-corrected chi connectivity index (χ1v) is 9.55. The minimum atomic E-state index is -0.659. The van der Waals surface area contributed by atoms with Crippen molar-refractivity contribution in [1.29, 1.82) is 0 Å². The van der Waals surface area contributed by atoms with Gasteiger partial charge in [-0.2, -0.15) is 0 Å². The van der Waals surface area contributed by atoms with Gasteiger partial charge in [-0.1, -0.05) is 19.1 Å². The largest absolute Gasteiger partial charge is 0.497 e. The Morgan fingerprint density at radius 1 is 1.37 bits per heavy atom. The van der Waals surface area contributed by atoms with Crippen LogP contribution in [0.4, 0.5) is 0 Å². The molecule has 0 bridgehead atoms. The molecule has 27 heavy (non-hydrogen) atoms. The van der Waals surface area contributed by atoms with Gasteiger partial charge in [0.2, 0.25) is 0 Å². The molecule has 1 aliphatic rings. The third-order valence-electron chi connectivity index (χ3n) is 4.94. The van der Waals surface area contributed by atoms with E-state index in [4.69, 9.17) is 4.74 Å². The molecule has 6 nitrogen and oxygen atoms in total. The van der Waals surface area contributed by atoms with Crippen molar-refractivity contribution in [2.45, 2.75) is 45.9 Å². The van der Waals surface area contributed by atoms with Gasteiger partial charge in [0.15, 0.2) is 5.96 Å². The van der Waals surface area contributed by atoms with Crippen molar-refractivity contribution in [2.24, 2.45) is 10.9 Å². The minimum absolute atomic E-state index is 0. The molecular formula is C20H35IN4O2. The van der Waals surface area contributed by atoms with E-state index in [0.29, 0.717) is 24.5 Å². The predicted octanol–water partition coefficient (Wildman–Crippen LogP) is 2.63. The van der Waals surface area contributed by atoms with Crippen LogP contribution in [0.2, 0.25) is 0 Å². The molecule has 0 amide bonds. The summed E-state index contributed by atoms with van der Waals surface area (Å²) in [6, 6.07) is 8.41. The Morgan fingerprint density at radius 2 is 2.11 bits per heavy atom. The molecule has 3 atom stereocenters. The number of nitrogens with zero attached hydrogens (tertiary/aromatic N) is 2. The molecule has 1 heterocycles. The van der Waals surface area contributed by atoms with Crippen LogP contribution < -0.4 is 15.4 Å². The number of aliphatic hydroxyl groups is 1. The van der Waals surface area contributed by atoms with Crippen molar-refractivity contribution in [2.75, 3.05) is 33.3 Å². The van der Waals surface area contributed by atoms with Crippen molar-refractivity contribution in [3.8, 4) is 5.75 Å². The van der Waals surface area contributed by atoms with Gasteiger partial charge < -0.3 is 20.5 Å². The van der Waals surface area contributed by atoms with E-state index in [0.717, 1.165) is 36.9 Å². The highest BCUT2D eigenvalue weighted by molar-refractivity contribution is 14.0. The molecule has 3 N–H and O–H groups in total. The SMILES string of the molecule is CCNC(=NCC(O)c1cccc(OC)c1)NC1CN(C(C)C)CC1C.I. The number of hydrogen-bond acceptors (Lipinski definition) is 4. The first kappa shape index (κ1) is 24.0. The van der Waals surface area contributed by atoms with Gasteiger partial charge >= 0.3 is 0 Å². The van der Waals surface area contributed by atoms with E-state index < -0.39 is 6.10 Å². The molecule has 1 aromatic rings. The lowest BCUT2D eigenvalue weighted by molar-refractivity contribution is 0.186. The first-order chi connectivity index (χ1) is 12.4. The van der Waals surface area contributed by atoms with E-state index in [-0.39, 0.29) is 24.0 Å². The van der Waals surface area contributed by atoms with E-state index in [1.165, 1.54) is 0 Å². The third-order valence-corrected chi connectivity index (χ3v) is 4.94. The van der Waals surface area contributed by atoms with Gasteiger partial charge in [-0.25, -0.2) is 0 Å². The summed E-state index contributed by atoms with van der Waals surface area (Å²) < 4.78 is 5.22. The van der Waals surface area contributed by atoms with Crippen LogP contribution in [-0.2, 0) is 0 Å². The smallest absolute Gasteiger partial charge is 0.191 e. The second-order valence-electron chi connectivity index (χ2n) is 7.29. The molecule has 7 heteroatoms. The minimum Gasteiger partial charge on any atom is -0.497 e. The van der Waals surface area contributed by atoms with Crippen molar-refractivity contribution in [1.82, 2.24) is 15.5 Å². The standard InChI is InChI=1S/C20H34N4O2.HI/c1-6-21-20(23-18-13-24(14(2)3)12-15(18)4)22-11-19(25)16-8-7-9-17(10-16)26-5;/h7-10,14-15,18-19,25H,6,11-13H2,1-5H3,(H2,21,22,23);1H. The van der Waals surface area contributed by atoms with E-state index >= 15 is 0 Å². The average molecular weight is 490 g/mol. The summed E-state index contributed by atoms with van der Waals surface area (Å²) >= 11 is 0. The zero-order chi connectivity index (χ0) is 19.1. The number of aliphatic hydroxyl groups excluding tert-OH is 1. The molecule has 1 aliphatic heterocycles. The van der Waals surface area contributed by atoms with Gasteiger partial charge in [0.05, 0.1) is 19.8 Å². The van der Waals surface area contributed by atoms with Crippen molar-refractivity contribution in [3.63, 3.8) is 0 Å². The van der Waals surface area contributed by atoms with E-state index in [2.05, 4.69) is 41.3 Å². The molecule has 2 rings (SSSR count). The molecule has 0 radical (unpaired) electrons. The summed E-state index contributed by atoms with van der Waals surface area (Å²) in [6.45, 7) is 12.0. The van der Waals surface area contributed by atoms with Gasteiger partial charge in [0.25, 0.3) is 0 Å². The number of likely N-dealkylation sites (tertiary alicyclic amines) is 1. The number of methoxy groups -OCH3 is 1. The molecule has 1 fully saturated rings.